The lowest BCUT2D eigenvalue weighted by atomic mass is 10.1. The zero-order valence-corrected chi connectivity index (χ0v) is 22.8. The van der Waals surface area contributed by atoms with Gasteiger partial charge in [-0.3, -0.25) is 9.10 Å². The Balaban J connectivity index is 1.50. The number of carbonyl (C=O) groups is 1. The molecule has 5 nitrogen and oxygen atoms in total. The van der Waals surface area contributed by atoms with Gasteiger partial charge in [0, 0.05) is 21.8 Å². The van der Waals surface area contributed by atoms with E-state index < -0.39 is 10.0 Å². The van der Waals surface area contributed by atoms with Crippen LogP contribution in [0.25, 0.3) is 10.1 Å². The van der Waals surface area contributed by atoms with Crippen LogP contribution in [0.15, 0.2) is 88.2 Å². The molecule has 0 radical (unpaired) electrons. The summed E-state index contributed by atoms with van der Waals surface area (Å²) in [4.78, 5) is 13.7. The van der Waals surface area contributed by atoms with Crippen molar-refractivity contribution in [1.82, 2.24) is 5.32 Å². The molecule has 0 bridgehead atoms. The fraction of sp³-hybridized carbons (Fsp3) is 0.222. The van der Waals surface area contributed by atoms with Crippen molar-refractivity contribution in [3.05, 3.63) is 93.8 Å². The predicted octanol–water partition coefficient (Wildman–Crippen LogP) is 6.63. The first-order chi connectivity index (χ1) is 16.8. The smallest absolute Gasteiger partial charge is 0.264 e. The molecule has 4 aromatic rings. The largest absolute Gasteiger partial charge is 0.349 e. The standard InChI is InChI=1S/C27H27BrN2O3S2/c1-3-30(35(32,33)24-14-11-22(28)12-15-24)23-13-16-25-21(17-23)18-26(34-25)27(31)29-19(2)9-10-20-7-5-4-6-8-20/h4-8,11-19H,3,9-10H2,1-2H3,(H,29,31)/t19-/m1/s1. The van der Waals surface area contributed by atoms with Crippen molar-refractivity contribution < 1.29 is 13.2 Å². The topological polar surface area (TPSA) is 66.5 Å². The Morgan fingerprint density at radius 2 is 1.74 bits per heavy atom. The molecule has 0 aliphatic rings. The number of nitrogens with one attached hydrogen (secondary N) is 1. The molecule has 4 rings (SSSR count). The Kier molecular flexibility index (Phi) is 7.94. The SMILES string of the molecule is CCN(c1ccc2sc(C(=O)N[C@H](C)CCc3ccccc3)cc2c1)S(=O)(=O)c1ccc(Br)cc1. The first-order valence-electron chi connectivity index (χ1n) is 11.4. The molecule has 182 valence electrons. The molecule has 1 atom stereocenters. The fourth-order valence-electron chi connectivity index (χ4n) is 3.92. The number of hydrogen-bond donors (Lipinski definition) is 1. The Labute approximate surface area is 219 Å². The van der Waals surface area contributed by atoms with Gasteiger partial charge in [0.25, 0.3) is 15.9 Å². The van der Waals surface area contributed by atoms with Crippen LogP contribution >= 0.6 is 27.3 Å². The zero-order valence-electron chi connectivity index (χ0n) is 19.6. The van der Waals surface area contributed by atoms with Crippen LogP contribution in [0.1, 0.15) is 35.5 Å². The van der Waals surface area contributed by atoms with Gasteiger partial charge in [0.2, 0.25) is 0 Å². The number of fused-ring (bicyclic) bond motifs is 1. The quantitative estimate of drug-likeness (QED) is 0.245. The van der Waals surface area contributed by atoms with Crippen LogP contribution in [0.2, 0.25) is 0 Å². The van der Waals surface area contributed by atoms with E-state index in [1.807, 2.05) is 50.2 Å². The summed E-state index contributed by atoms with van der Waals surface area (Å²) in [6.07, 6.45) is 1.75. The highest BCUT2D eigenvalue weighted by molar-refractivity contribution is 9.10. The van der Waals surface area contributed by atoms with Gasteiger partial charge in [-0.15, -0.1) is 11.3 Å². The molecule has 0 spiro atoms. The first kappa shape index (κ1) is 25.4. The Bertz CT molecular complexity index is 1420. The normalized spacial score (nSPS) is 12.4. The van der Waals surface area contributed by atoms with Crippen LogP contribution in [-0.2, 0) is 16.4 Å². The van der Waals surface area contributed by atoms with Gasteiger partial charge in [-0.25, -0.2) is 8.42 Å². The number of nitrogens with zero attached hydrogens (tertiary/aromatic N) is 1. The van der Waals surface area contributed by atoms with Crippen molar-refractivity contribution in [2.24, 2.45) is 0 Å². The number of sulfonamides is 1. The third kappa shape index (κ3) is 5.94. The molecule has 0 aliphatic carbocycles. The number of thiophene rings is 1. The molecule has 0 fully saturated rings. The highest BCUT2D eigenvalue weighted by Gasteiger charge is 2.24. The van der Waals surface area contributed by atoms with Gasteiger partial charge in [-0.2, -0.15) is 0 Å². The average Bonchev–Trinajstić information content (AvgIpc) is 3.28. The molecular weight excluding hydrogens is 544 g/mol. The molecule has 35 heavy (non-hydrogen) atoms. The lowest BCUT2D eigenvalue weighted by molar-refractivity contribution is 0.0942. The van der Waals surface area contributed by atoms with Gasteiger partial charge < -0.3 is 5.32 Å². The molecule has 1 heterocycles. The molecule has 1 N–H and O–H groups in total. The van der Waals surface area contributed by atoms with Gasteiger partial charge in [0.15, 0.2) is 0 Å². The summed E-state index contributed by atoms with van der Waals surface area (Å²) in [5.74, 6) is -0.108. The third-order valence-corrected chi connectivity index (χ3v) is 9.35. The summed E-state index contributed by atoms with van der Waals surface area (Å²) < 4.78 is 29.7. The molecule has 0 saturated heterocycles. The first-order valence-corrected chi connectivity index (χ1v) is 14.5. The summed E-state index contributed by atoms with van der Waals surface area (Å²) in [5.41, 5.74) is 1.82. The molecule has 1 aromatic heterocycles. The maximum Gasteiger partial charge on any atom is 0.264 e. The van der Waals surface area contributed by atoms with Crippen LogP contribution in [0, 0.1) is 0 Å². The highest BCUT2D eigenvalue weighted by atomic mass is 79.9. The van der Waals surface area contributed by atoms with E-state index in [2.05, 4.69) is 33.4 Å². The van der Waals surface area contributed by atoms with E-state index in [0.717, 1.165) is 27.4 Å². The number of amides is 1. The second-order valence-corrected chi connectivity index (χ2v) is 12.2. The van der Waals surface area contributed by atoms with Crippen molar-refractivity contribution in [2.75, 3.05) is 10.8 Å². The van der Waals surface area contributed by atoms with Crippen molar-refractivity contribution in [1.29, 1.82) is 0 Å². The van der Waals surface area contributed by atoms with Crippen LogP contribution in [0.5, 0.6) is 0 Å². The Morgan fingerprint density at radius 3 is 2.43 bits per heavy atom. The zero-order chi connectivity index (χ0) is 25.0. The highest BCUT2D eigenvalue weighted by Crippen LogP contribution is 2.32. The number of aryl methyl sites for hydroxylation is 1. The minimum atomic E-state index is -3.71. The summed E-state index contributed by atoms with van der Waals surface area (Å²) >= 11 is 4.76. The Morgan fingerprint density at radius 1 is 1.03 bits per heavy atom. The van der Waals surface area contributed by atoms with Gasteiger partial charge >= 0.3 is 0 Å². The third-order valence-electron chi connectivity index (χ3n) is 5.79. The van der Waals surface area contributed by atoms with E-state index in [1.54, 1.807) is 30.3 Å². The van der Waals surface area contributed by atoms with Crippen LogP contribution in [0.4, 0.5) is 5.69 Å². The molecule has 3 aromatic carbocycles. The summed E-state index contributed by atoms with van der Waals surface area (Å²) in [6, 6.07) is 24.2. The van der Waals surface area contributed by atoms with Crippen molar-refractivity contribution in [3.63, 3.8) is 0 Å². The number of benzene rings is 3. The van der Waals surface area contributed by atoms with Crippen LogP contribution in [0.3, 0.4) is 0 Å². The fourth-order valence-corrected chi connectivity index (χ4v) is 6.59. The van der Waals surface area contributed by atoms with Crippen LogP contribution in [-0.4, -0.2) is 26.9 Å². The molecule has 0 unspecified atom stereocenters. The van der Waals surface area contributed by atoms with E-state index >= 15 is 0 Å². The number of rotatable bonds is 9. The minimum Gasteiger partial charge on any atom is -0.349 e. The molecular formula is C27H27BrN2O3S2. The summed E-state index contributed by atoms with van der Waals surface area (Å²) in [7, 11) is -3.71. The maximum atomic E-state index is 13.3. The van der Waals surface area contributed by atoms with Gasteiger partial charge in [0.05, 0.1) is 15.5 Å². The van der Waals surface area contributed by atoms with E-state index in [1.165, 1.54) is 21.2 Å². The number of carbonyl (C=O) groups excluding carboxylic acids is 1. The summed E-state index contributed by atoms with van der Waals surface area (Å²) in [6.45, 7) is 4.11. The van der Waals surface area contributed by atoms with E-state index in [0.29, 0.717) is 17.1 Å². The lowest BCUT2D eigenvalue weighted by Gasteiger charge is -2.23. The van der Waals surface area contributed by atoms with Crippen molar-refractivity contribution in [2.45, 2.75) is 37.6 Å². The van der Waals surface area contributed by atoms with Crippen LogP contribution < -0.4 is 9.62 Å². The van der Waals surface area contributed by atoms with Crippen molar-refractivity contribution in [3.8, 4) is 0 Å². The van der Waals surface area contributed by atoms with Gasteiger partial charge in [0.1, 0.15) is 0 Å². The molecule has 0 aliphatic heterocycles. The lowest BCUT2D eigenvalue weighted by Crippen LogP contribution is -2.32. The second-order valence-electron chi connectivity index (χ2n) is 8.36. The van der Waals surface area contributed by atoms with E-state index in [-0.39, 0.29) is 16.8 Å². The monoisotopic (exact) mass is 570 g/mol. The van der Waals surface area contributed by atoms with Crippen molar-refractivity contribution >= 4 is 59.0 Å². The summed E-state index contributed by atoms with van der Waals surface area (Å²) in [5, 5.41) is 3.93. The Hall–Kier alpha value is -2.68. The molecule has 8 heteroatoms. The average molecular weight is 572 g/mol. The second kappa shape index (κ2) is 10.9. The predicted molar refractivity (Wildman–Crippen MR) is 148 cm³/mol. The molecule has 1 amide bonds. The maximum absolute atomic E-state index is 13.3. The number of hydrogen-bond acceptors (Lipinski definition) is 4. The van der Waals surface area contributed by atoms with E-state index in [9.17, 15) is 13.2 Å². The van der Waals surface area contributed by atoms with Gasteiger partial charge in [-0.1, -0.05) is 46.3 Å². The number of halogens is 1. The minimum absolute atomic E-state index is 0.0371. The number of anilines is 1. The molecule has 0 saturated carbocycles. The van der Waals surface area contributed by atoms with E-state index in [4.69, 9.17) is 0 Å². The van der Waals surface area contributed by atoms with Gasteiger partial charge in [-0.05, 0) is 86.2 Å².